The van der Waals surface area contributed by atoms with Crippen molar-refractivity contribution >= 4 is 16.8 Å². The Hall–Kier alpha value is -1.75. The zero-order valence-electron chi connectivity index (χ0n) is 7.52. The van der Waals surface area contributed by atoms with Gasteiger partial charge in [-0.3, -0.25) is 9.78 Å². The second-order valence-corrected chi connectivity index (χ2v) is 2.96. The second kappa shape index (κ2) is 3.19. The van der Waals surface area contributed by atoms with Gasteiger partial charge in [0.25, 0.3) is 0 Å². The van der Waals surface area contributed by atoms with Crippen LogP contribution in [0.5, 0.6) is 0 Å². The summed E-state index contributed by atoms with van der Waals surface area (Å²) in [7, 11) is 0. The van der Waals surface area contributed by atoms with Crippen LogP contribution in [0.3, 0.4) is 0 Å². The van der Waals surface area contributed by atoms with Crippen LogP contribution >= 0.6 is 0 Å². The van der Waals surface area contributed by atoms with E-state index in [1.54, 1.807) is 6.07 Å². The molecule has 2 rings (SSSR count). The number of carbonyl (C=O) groups excluding carboxylic acids is 1. The Morgan fingerprint density at radius 1 is 1.50 bits per heavy atom. The Kier molecular flexibility index (Phi) is 2.01. The molecular weight excluding hydrogens is 182 g/mol. The molecule has 14 heavy (non-hydrogen) atoms. The average Bonchev–Trinajstić information content (AvgIpc) is 2.63. The lowest BCUT2D eigenvalue weighted by atomic mass is 10.1. The summed E-state index contributed by atoms with van der Waals surface area (Å²) < 4.78 is 0. The van der Waals surface area contributed by atoms with Gasteiger partial charge in [0.15, 0.2) is 6.10 Å². The van der Waals surface area contributed by atoms with E-state index in [1.807, 2.05) is 0 Å². The molecule has 0 aliphatic rings. The van der Waals surface area contributed by atoms with Gasteiger partial charge in [0, 0.05) is 6.20 Å². The minimum Gasteiger partial charge on any atom is -0.344 e. The Morgan fingerprint density at radius 3 is 3.00 bits per heavy atom. The first kappa shape index (κ1) is 8.83. The number of aromatic amines is 1. The molecule has 0 saturated carbocycles. The average molecular weight is 190 g/mol. The van der Waals surface area contributed by atoms with E-state index >= 15 is 0 Å². The molecule has 0 saturated heterocycles. The highest BCUT2D eigenvalue weighted by molar-refractivity contribution is 6.06. The number of fused-ring (bicyclic) bond motifs is 1. The zero-order chi connectivity index (χ0) is 10.1. The van der Waals surface area contributed by atoms with Gasteiger partial charge in [-0.25, -0.2) is 10.1 Å². The maximum absolute atomic E-state index is 11.4. The summed E-state index contributed by atoms with van der Waals surface area (Å²) in [6, 6.07) is 1.70. The van der Waals surface area contributed by atoms with Crippen molar-refractivity contribution in [2.75, 3.05) is 0 Å². The first-order valence-corrected chi connectivity index (χ1v) is 4.18. The molecule has 5 heteroatoms. The summed E-state index contributed by atoms with van der Waals surface area (Å²) in [6.07, 6.45) is 1.65. The summed E-state index contributed by atoms with van der Waals surface area (Å²) in [4.78, 5) is 22.1. The molecule has 1 N–H and O–H groups in total. The molecule has 0 amide bonds. The highest BCUT2D eigenvalue weighted by Crippen LogP contribution is 2.13. The number of hydrogen-bond acceptors (Lipinski definition) is 3. The Morgan fingerprint density at radius 2 is 2.29 bits per heavy atom. The van der Waals surface area contributed by atoms with Gasteiger partial charge >= 0.3 is 0 Å². The maximum atomic E-state index is 11.4. The quantitative estimate of drug-likeness (QED) is 0.716. The molecule has 1 radical (unpaired) electrons. The number of aromatic nitrogens is 3. The van der Waals surface area contributed by atoms with E-state index in [0.29, 0.717) is 11.0 Å². The number of nitrogens with one attached hydrogen (secondary N) is 1. The molecule has 2 aromatic heterocycles. The standard InChI is InChI=1S/C9H8N3O2/c1-5(13)9(14)8-7-6(2-3-10-8)11-4-12-7/h2-5H,1H3,(H,11,12). The van der Waals surface area contributed by atoms with Crippen molar-refractivity contribution < 1.29 is 9.90 Å². The molecule has 0 aliphatic carbocycles. The summed E-state index contributed by atoms with van der Waals surface area (Å²) in [5.41, 5.74) is 1.32. The molecule has 1 unspecified atom stereocenters. The van der Waals surface area contributed by atoms with Gasteiger partial charge in [-0.05, 0) is 13.0 Å². The van der Waals surface area contributed by atoms with Crippen molar-refractivity contribution in [3.8, 4) is 0 Å². The van der Waals surface area contributed by atoms with Gasteiger partial charge in [0.05, 0.1) is 11.8 Å². The predicted molar refractivity (Wildman–Crippen MR) is 48.4 cm³/mol. The minimum atomic E-state index is -1.30. The zero-order valence-corrected chi connectivity index (χ0v) is 7.52. The van der Waals surface area contributed by atoms with Crippen LogP contribution in [0.15, 0.2) is 18.6 Å². The number of imidazole rings is 1. The molecule has 0 aromatic carbocycles. The predicted octanol–water partition coefficient (Wildman–Crippen LogP) is 0.960. The summed E-state index contributed by atoms with van der Waals surface area (Å²) in [5.74, 6) is -0.525. The van der Waals surface area contributed by atoms with E-state index in [4.69, 9.17) is 0 Å². The summed E-state index contributed by atoms with van der Waals surface area (Å²) in [5, 5.41) is 11.0. The number of rotatable bonds is 2. The van der Waals surface area contributed by atoms with Crippen LogP contribution in [-0.2, 0) is 5.11 Å². The number of ketones is 1. The lowest BCUT2D eigenvalue weighted by Gasteiger charge is -2.00. The Bertz CT molecular complexity index is 476. The number of carbonyl (C=O) groups is 1. The lowest BCUT2D eigenvalue weighted by Crippen LogP contribution is -2.16. The first-order valence-electron chi connectivity index (χ1n) is 4.18. The van der Waals surface area contributed by atoms with Crippen LogP contribution in [0, 0.1) is 0 Å². The van der Waals surface area contributed by atoms with Crippen LogP contribution in [-0.4, -0.2) is 26.8 Å². The van der Waals surface area contributed by atoms with Gasteiger partial charge in [-0.15, -0.1) is 0 Å². The lowest BCUT2D eigenvalue weighted by molar-refractivity contribution is 0.0601. The fraction of sp³-hybridized carbons (Fsp3) is 0.222. The highest BCUT2D eigenvalue weighted by atomic mass is 16.3. The maximum Gasteiger partial charge on any atom is 0.215 e. The SMILES string of the molecule is CC([O])C(=O)c1nccc2[nH]cnc12. The third kappa shape index (κ3) is 1.27. The van der Waals surface area contributed by atoms with E-state index in [1.165, 1.54) is 19.4 Å². The third-order valence-electron chi connectivity index (χ3n) is 1.94. The number of hydrogen-bond donors (Lipinski definition) is 1. The van der Waals surface area contributed by atoms with Crippen molar-refractivity contribution in [1.82, 2.24) is 15.0 Å². The molecular formula is C9H8N3O2. The topological polar surface area (TPSA) is 78.5 Å². The highest BCUT2D eigenvalue weighted by Gasteiger charge is 2.18. The van der Waals surface area contributed by atoms with Gasteiger partial charge in [0.1, 0.15) is 11.2 Å². The van der Waals surface area contributed by atoms with Gasteiger partial charge in [-0.2, -0.15) is 0 Å². The van der Waals surface area contributed by atoms with Crippen molar-refractivity contribution in [1.29, 1.82) is 0 Å². The molecule has 0 bridgehead atoms. The van der Waals surface area contributed by atoms with E-state index in [2.05, 4.69) is 15.0 Å². The molecule has 0 fully saturated rings. The Balaban J connectivity index is 2.62. The minimum absolute atomic E-state index is 0.145. The number of Topliss-reactive ketones (excluding diaryl/α,β-unsaturated/α-hetero) is 1. The van der Waals surface area contributed by atoms with Crippen molar-refractivity contribution in [2.24, 2.45) is 0 Å². The molecule has 2 aromatic rings. The van der Waals surface area contributed by atoms with Crippen LogP contribution in [0.4, 0.5) is 0 Å². The number of nitrogens with zero attached hydrogens (tertiary/aromatic N) is 2. The molecule has 0 aliphatic heterocycles. The first-order chi connectivity index (χ1) is 6.70. The van der Waals surface area contributed by atoms with E-state index < -0.39 is 11.9 Å². The van der Waals surface area contributed by atoms with E-state index in [0.717, 1.165) is 0 Å². The van der Waals surface area contributed by atoms with E-state index in [9.17, 15) is 9.90 Å². The normalized spacial score (nSPS) is 13.0. The van der Waals surface area contributed by atoms with Crippen molar-refractivity contribution in [3.05, 3.63) is 24.3 Å². The molecule has 2 heterocycles. The molecule has 1 atom stereocenters. The molecule has 0 spiro atoms. The third-order valence-corrected chi connectivity index (χ3v) is 1.94. The van der Waals surface area contributed by atoms with Crippen molar-refractivity contribution in [2.45, 2.75) is 13.0 Å². The van der Waals surface area contributed by atoms with Crippen molar-refractivity contribution in [3.63, 3.8) is 0 Å². The van der Waals surface area contributed by atoms with Gasteiger partial charge in [-0.1, -0.05) is 0 Å². The van der Waals surface area contributed by atoms with Crippen LogP contribution < -0.4 is 0 Å². The molecule has 5 nitrogen and oxygen atoms in total. The van der Waals surface area contributed by atoms with Crippen LogP contribution in [0.1, 0.15) is 17.4 Å². The number of H-pyrrole nitrogens is 1. The number of pyridine rings is 1. The van der Waals surface area contributed by atoms with Gasteiger partial charge in [0.2, 0.25) is 5.78 Å². The second-order valence-electron chi connectivity index (χ2n) is 2.96. The molecule has 71 valence electrons. The monoisotopic (exact) mass is 190 g/mol. The van der Waals surface area contributed by atoms with Crippen LogP contribution in [0.25, 0.3) is 11.0 Å². The fourth-order valence-corrected chi connectivity index (χ4v) is 1.24. The summed E-state index contributed by atoms with van der Waals surface area (Å²) >= 11 is 0. The smallest absolute Gasteiger partial charge is 0.215 e. The fourth-order valence-electron chi connectivity index (χ4n) is 1.24. The Labute approximate surface area is 79.8 Å². The van der Waals surface area contributed by atoms with Gasteiger partial charge < -0.3 is 4.98 Å². The van der Waals surface area contributed by atoms with Crippen LogP contribution in [0.2, 0.25) is 0 Å². The summed E-state index contributed by atoms with van der Waals surface area (Å²) in [6.45, 7) is 1.30. The van der Waals surface area contributed by atoms with E-state index in [-0.39, 0.29) is 5.69 Å². The largest absolute Gasteiger partial charge is 0.344 e.